The fourth-order valence-corrected chi connectivity index (χ4v) is 6.81. The van der Waals surface area contributed by atoms with E-state index in [0.717, 1.165) is 60.2 Å². The van der Waals surface area contributed by atoms with Gasteiger partial charge in [-0.25, -0.2) is 4.39 Å². The largest absolute Gasteiger partial charge is 0.378 e. The Morgan fingerprint density at radius 3 is 2.29 bits per heavy atom. The summed E-state index contributed by atoms with van der Waals surface area (Å²) in [6, 6.07) is 19.2. The molecule has 6 nitrogen and oxygen atoms in total. The third-order valence-corrected chi connectivity index (χ3v) is 8.87. The maximum atomic E-state index is 14.2. The van der Waals surface area contributed by atoms with Gasteiger partial charge in [-0.05, 0) is 60.2 Å². The van der Waals surface area contributed by atoms with Crippen LogP contribution in [0.25, 0.3) is 22.4 Å². The number of carbonyl (C=O) groups excluding carboxylic acids is 1. The molecule has 2 aliphatic heterocycles. The molecule has 1 amide bonds. The molecule has 3 heterocycles. The average molecular weight is 561 g/mol. The van der Waals surface area contributed by atoms with Crippen LogP contribution in [0.15, 0.2) is 60.7 Å². The third kappa shape index (κ3) is 5.60. The lowest BCUT2D eigenvalue weighted by molar-refractivity contribution is -0.362. The summed E-state index contributed by atoms with van der Waals surface area (Å²) in [6.45, 7) is 7.14. The number of amides is 1. The number of hydrogen-bond donors (Lipinski definition) is 0. The van der Waals surface area contributed by atoms with Crippen LogP contribution in [0.3, 0.4) is 0 Å². The maximum absolute atomic E-state index is 14.2. The van der Waals surface area contributed by atoms with Crippen molar-refractivity contribution in [1.82, 2.24) is 9.47 Å². The molecule has 3 aromatic rings. The lowest BCUT2D eigenvalue weighted by Gasteiger charge is -2.51. The van der Waals surface area contributed by atoms with Crippen molar-refractivity contribution < 1.29 is 23.4 Å². The van der Waals surface area contributed by atoms with Crippen LogP contribution in [-0.4, -0.2) is 54.1 Å². The molecule has 1 spiro atoms. The minimum atomic E-state index is -0.957. The van der Waals surface area contributed by atoms with Gasteiger partial charge >= 0.3 is 0 Å². The fraction of sp³-hybridized carbons (Fsp3) is 0.500. The van der Waals surface area contributed by atoms with Gasteiger partial charge in [0.1, 0.15) is 5.82 Å². The highest BCUT2D eigenvalue weighted by atomic mass is 19.1. The van der Waals surface area contributed by atoms with Crippen molar-refractivity contribution >= 4 is 5.91 Å². The Hall–Kier alpha value is -3.00. The number of morpholine rings is 1. The smallest absolute Gasteiger partial charge is 0.227 e. The number of rotatable bonds is 6. The molecule has 218 valence electrons. The highest BCUT2D eigenvalue weighted by Gasteiger charge is 2.51. The van der Waals surface area contributed by atoms with Crippen LogP contribution < -0.4 is 0 Å². The molecular formula is C34H41FN2O4. The summed E-state index contributed by atoms with van der Waals surface area (Å²) < 4.78 is 35.7. The van der Waals surface area contributed by atoms with Crippen LogP contribution in [0, 0.1) is 5.82 Å². The molecule has 1 saturated carbocycles. The Balaban J connectivity index is 1.58. The van der Waals surface area contributed by atoms with E-state index in [1.807, 2.05) is 35.2 Å². The van der Waals surface area contributed by atoms with Gasteiger partial charge in [0.05, 0.1) is 31.9 Å². The number of ether oxygens (including phenoxy) is 3. The first-order chi connectivity index (χ1) is 19.9. The number of nitrogens with zero attached hydrogens (tertiary/aromatic N) is 2. The van der Waals surface area contributed by atoms with Gasteiger partial charge in [0.15, 0.2) is 11.5 Å². The molecule has 41 heavy (non-hydrogen) atoms. The van der Waals surface area contributed by atoms with Crippen molar-refractivity contribution in [3.8, 4) is 22.4 Å². The molecule has 1 aliphatic carbocycles. The van der Waals surface area contributed by atoms with E-state index < -0.39 is 11.5 Å². The molecule has 6 rings (SSSR count). The van der Waals surface area contributed by atoms with E-state index in [1.54, 1.807) is 0 Å². The summed E-state index contributed by atoms with van der Waals surface area (Å²) in [4.78, 5) is 16.0. The zero-order chi connectivity index (χ0) is 28.5. The van der Waals surface area contributed by atoms with Crippen LogP contribution in [0.2, 0.25) is 0 Å². The summed E-state index contributed by atoms with van der Waals surface area (Å²) in [6.07, 6.45) is 5.61. The quantitative estimate of drug-likeness (QED) is 0.323. The number of carbonyl (C=O) groups is 1. The monoisotopic (exact) mass is 560 g/mol. The van der Waals surface area contributed by atoms with Crippen molar-refractivity contribution in [2.75, 3.05) is 32.9 Å². The van der Waals surface area contributed by atoms with Gasteiger partial charge < -0.3 is 23.7 Å². The van der Waals surface area contributed by atoms with Crippen molar-refractivity contribution in [2.45, 2.75) is 76.2 Å². The lowest BCUT2D eigenvalue weighted by atomic mass is 9.90. The summed E-state index contributed by atoms with van der Waals surface area (Å²) >= 11 is 0. The Labute approximate surface area is 242 Å². The Kier molecular flexibility index (Phi) is 8.03. The fourth-order valence-electron chi connectivity index (χ4n) is 6.81. The topological polar surface area (TPSA) is 52.9 Å². The summed E-state index contributed by atoms with van der Waals surface area (Å²) in [5.74, 6) is -0.780. The molecule has 0 N–H and O–H groups in total. The first-order valence-electron chi connectivity index (χ1n) is 15.2. The Morgan fingerprint density at radius 1 is 0.902 bits per heavy atom. The first-order valence-corrected chi connectivity index (χ1v) is 15.2. The number of benzene rings is 2. The molecule has 1 aromatic heterocycles. The molecule has 2 saturated heterocycles. The number of hydrogen-bond acceptors (Lipinski definition) is 4. The van der Waals surface area contributed by atoms with E-state index in [1.165, 1.54) is 12.1 Å². The van der Waals surface area contributed by atoms with Crippen molar-refractivity contribution in [2.24, 2.45) is 0 Å². The lowest BCUT2D eigenvalue weighted by Crippen LogP contribution is -2.56. The van der Waals surface area contributed by atoms with Crippen LogP contribution in [0.1, 0.15) is 70.4 Å². The summed E-state index contributed by atoms with van der Waals surface area (Å²) in [5.41, 5.74) is 4.09. The van der Waals surface area contributed by atoms with Gasteiger partial charge in [-0.3, -0.25) is 4.79 Å². The van der Waals surface area contributed by atoms with Gasteiger partial charge in [-0.2, -0.15) is 0 Å². The van der Waals surface area contributed by atoms with Crippen molar-refractivity contribution in [3.63, 3.8) is 0 Å². The molecule has 0 radical (unpaired) electrons. The first kappa shape index (κ1) is 28.1. The molecule has 3 aliphatic rings. The predicted octanol–water partition coefficient (Wildman–Crippen LogP) is 7.08. The van der Waals surface area contributed by atoms with Crippen LogP contribution in [-0.2, 0) is 24.7 Å². The molecular weight excluding hydrogens is 519 g/mol. The highest BCUT2D eigenvalue weighted by Crippen LogP contribution is 2.50. The van der Waals surface area contributed by atoms with E-state index in [9.17, 15) is 9.18 Å². The van der Waals surface area contributed by atoms with Crippen molar-refractivity contribution in [1.29, 1.82) is 0 Å². The van der Waals surface area contributed by atoms with Gasteiger partial charge in [-0.1, -0.05) is 50.6 Å². The second kappa shape index (κ2) is 11.7. The third-order valence-electron chi connectivity index (χ3n) is 8.87. The van der Waals surface area contributed by atoms with Crippen molar-refractivity contribution in [3.05, 3.63) is 72.2 Å². The van der Waals surface area contributed by atoms with E-state index in [0.29, 0.717) is 39.3 Å². The van der Waals surface area contributed by atoms with Gasteiger partial charge in [0.25, 0.3) is 0 Å². The number of aromatic nitrogens is 1. The minimum Gasteiger partial charge on any atom is -0.378 e. The van der Waals surface area contributed by atoms with E-state index in [2.05, 4.69) is 36.6 Å². The predicted molar refractivity (Wildman–Crippen MR) is 157 cm³/mol. The molecule has 2 aromatic carbocycles. The number of halogens is 1. The molecule has 1 unspecified atom stereocenters. The Morgan fingerprint density at radius 2 is 1.61 bits per heavy atom. The standard InChI is InChI=1S/C34H41FN2O4/c1-25(2)30-23-29(26-9-5-3-6-10-26)32(27-11-13-28(35)14-12-27)37(30)33(24-31(38)36-18-21-39-22-19-36)17-20-40-34(41-33)15-7-4-8-16-34/h3,5-6,9-14,23,25H,4,7-8,15-22,24H2,1-2H3. The molecule has 1 atom stereocenters. The van der Waals surface area contributed by atoms with Crippen LogP contribution in [0.5, 0.6) is 0 Å². The van der Waals surface area contributed by atoms with E-state index in [-0.39, 0.29) is 24.1 Å². The SMILES string of the molecule is CC(C)c1cc(-c2ccccc2)c(-c2ccc(F)cc2)n1C1(CC(=O)N2CCOCC2)CCOC2(CCCCC2)O1. The van der Waals surface area contributed by atoms with Crippen LogP contribution in [0.4, 0.5) is 4.39 Å². The second-order valence-corrected chi connectivity index (χ2v) is 12.0. The molecule has 0 bridgehead atoms. The zero-order valence-electron chi connectivity index (χ0n) is 24.2. The zero-order valence-corrected chi connectivity index (χ0v) is 24.2. The summed E-state index contributed by atoms with van der Waals surface area (Å²) in [5, 5.41) is 0. The molecule has 3 fully saturated rings. The van der Waals surface area contributed by atoms with E-state index >= 15 is 0 Å². The summed E-state index contributed by atoms with van der Waals surface area (Å²) in [7, 11) is 0. The minimum absolute atomic E-state index is 0.0656. The Bertz CT molecular complexity index is 1340. The van der Waals surface area contributed by atoms with Gasteiger partial charge in [0, 0.05) is 43.6 Å². The second-order valence-electron chi connectivity index (χ2n) is 12.0. The van der Waals surface area contributed by atoms with Crippen LogP contribution >= 0.6 is 0 Å². The average Bonchev–Trinajstić information content (AvgIpc) is 3.41. The van der Waals surface area contributed by atoms with E-state index in [4.69, 9.17) is 14.2 Å². The maximum Gasteiger partial charge on any atom is 0.227 e. The normalized spacial score (nSPS) is 22.8. The highest BCUT2D eigenvalue weighted by molar-refractivity contribution is 5.84. The molecule has 7 heteroatoms. The van der Waals surface area contributed by atoms with Gasteiger partial charge in [0.2, 0.25) is 5.91 Å². The van der Waals surface area contributed by atoms with Gasteiger partial charge in [-0.15, -0.1) is 0 Å².